The van der Waals surface area contributed by atoms with Crippen LogP contribution in [0.3, 0.4) is 0 Å². The Labute approximate surface area is 165 Å². The number of aryl methyl sites for hydroxylation is 1. The van der Waals surface area contributed by atoms with Crippen molar-refractivity contribution in [3.8, 4) is 11.1 Å². The van der Waals surface area contributed by atoms with E-state index < -0.39 is 0 Å². The fourth-order valence-corrected chi connectivity index (χ4v) is 3.61. The smallest absolute Gasteiger partial charge is 0.317 e. The average Bonchev–Trinajstić information content (AvgIpc) is 3.11. The van der Waals surface area contributed by atoms with E-state index in [1.807, 2.05) is 31.1 Å². The van der Waals surface area contributed by atoms with Crippen LogP contribution in [0.2, 0.25) is 0 Å². The van der Waals surface area contributed by atoms with E-state index in [1.54, 1.807) is 0 Å². The summed E-state index contributed by atoms with van der Waals surface area (Å²) in [4.78, 5) is 22.0. The van der Waals surface area contributed by atoms with Gasteiger partial charge in [-0.2, -0.15) is 0 Å². The van der Waals surface area contributed by atoms with Crippen LogP contribution in [0.4, 0.5) is 4.79 Å². The second-order valence-corrected chi connectivity index (χ2v) is 7.72. The molecule has 5 heteroatoms. The Bertz CT molecular complexity index is 1030. The molecular formula is C23H26N4O. The highest BCUT2D eigenvalue weighted by atomic mass is 16.2. The molecule has 0 saturated carbocycles. The third kappa shape index (κ3) is 3.65. The number of nitrogens with one attached hydrogen (secondary N) is 2. The van der Waals surface area contributed by atoms with Gasteiger partial charge in [0.15, 0.2) is 0 Å². The van der Waals surface area contributed by atoms with Gasteiger partial charge >= 0.3 is 6.03 Å². The van der Waals surface area contributed by atoms with Crippen LogP contribution >= 0.6 is 0 Å². The van der Waals surface area contributed by atoms with E-state index in [1.165, 1.54) is 22.3 Å². The van der Waals surface area contributed by atoms with Crippen LogP contribution in [-0.2, 0) is 0 Å². The van der Waals surface area contributed by atoms with Crippen molar-refractivity contribution in [1.29, 1.82) is 0 Å². The molecule has 1 aliphatic heterocycles. The van der Waals surface area contributed by atoms with E-state index in [0.29, 0.717) is 6.54 Å². The number of amides is 2. The summed E-state index contributed by atoms with van der Waals surface area (Å²) < 4.78 is 0. The largest absolute Gasteiger partial charge is 0.346 e. The number of nitrogens with zero attached hydrogens (tertiary/aromatic N) is 2. The molecule has 0 fully saturated rings. The highest BCUT2D eigenvalue weighted by Crippen LogP contribution is 2.31. The predicted octanol–water partition coefficient (Wildman–Crippen LogP) is 4.75. The fourth-order valence-electron chi connectivity index (χ4n) is 3.61. The van der Waals surface area contributed by atoms with Crippen molar-refractivity contribution in [3.63, 3.8) is 0 Å². The number of aromatic amines is 1. The van der Waals surface area contributed by atoms with E-state index in [0.717, 1.165) is 29.6 Å². The number of H-pyrrole nitrogens is 1. The molecule has 3 aromatic rings. The fraction of sp³-hybridized carbons (Fsp3) is 0.304. The van der Waals surface area contributed by atoms with Gasteiger partial charge in [-0.1, -0.05) is 35.9 Å². The van der Waals surface area contributed by atoms with Gasteiger partial charge < -0.3 is 15.2 Å². The maximum atomic E-state index is 12.2. The molecule has 2 aromatic heterocycles. The van der Waals surface area contributed by atoms with Crippen molar-refractivity contribution in [2.75, 3.05) is 13.1 Å². The Morgan fingerprint density at radius 2 is 2.00 bits per heavy atom. The molecule has 4 rings (SSSR count). The Morgan fingerprint density at radius 1 is 1.21 bits per heavy atom. The Kier molecular flexibility index (Phi) is 4.90. The topological polar surface area (TPSA) is 61.0 Å². The first-order valence-corrected chi connectivity index (χ1v) is 9.80. The van der Waals surface area contributed by atoms with Crippen LogP contribution in [-0.4, -0.2) is 40.0 Å². The maximum absolute atomic E-state index is 12.2. The summed E-state index contributed by atoms with van der Waals surface area (Å²) in [5, 5.41) is 4.09. The lowest BCUT2D eigenvalue weighted by Gasteiger charge is -2.27. The van der Waals surface area contributed by atoms with E-state index in [-0.39, 0.29) is 12.1 Å². The van der Waals surface area contributed by atoms with Crippen LogP contribution in [0.25, 0.3) is 27.7 Å². The summed E-state index contributed by atoms with van der Waals surface area (Å²) >= 11 is 0. The molecule has 1 aliphatic rings. The minimum Gasteiger partial charge on any atom is -0.346 e. The number of hydrogen-bond donors (Lipinski definition) is 2. The number of hydrogen-bond acceptors (Lipinski definition) is 2. The van der Waals surface area contributed by atoms with Gasteiger partial charge in [0.2, 0.25) is 0 Å². The maximum Gasteiger partial charge on any atom is 0.317 e. The number of urea groups is 1. The third-order valence-electron chi connectivity index (χ3n) is 5.17. The lowest BCUT2D eigenvalue weighted by atomic mass is 9.98. The summed E-state index contributed by atoms with van der Waals surface area (Å²) in [6, 6.07) is 10.9. The lowest BCUT2D eigenvalue weighted by molar-refractivity contribution is 0.200. The number of pyridine rings is 1. The van der Waals surface area contributed by atoms with Crippen LogP contribution in [0.15, 0.2) is 48.8 Å². The number of aromatic nitrogens is 2. The van der Waals surface area contributed by atoms with Gasteiger partial charge in [-0.25, -0.2) is 9.78 Å². The van der Waals surface area contributed by atoms with Crippen molar-refractivity contribution in [2.24, 2.45) is 0 Å². The Hall–Kier alpha value is -3.08. The number of carbonyl (C=O) groups is 1. The molecule has 3 heterocycles. The van der Waals surface area contributed by atoms with Crippen molar-refractivity contribution < 1.29 is 4.79 Å². The minimum absolute atomic E-state index is 0.00699. The molecular weight excluding hydrogens is 348 g/mol. The van der Waals surface area contributed by atoms with Gasteiger partial charge in [0.25, 0.3) is 0 Å². The summed E-state index contributed by atoms with van der Waals surface area (Å²) in [7, 11) is 0. The standard InChI is InChI=1S/C23H26N4O/c1-15(2)26-23(28)27-10-8-18(9-11-27)21-14-25-22-20(21)12-19(13-24-22)17-6-4-16(3)5-7-17/h4-8,12-15H,9-11H2,1-3H3,(H,24,25)(H,26,28). The summed E-state index contributed by atoms with van der Waals surface area (Å²) in [5.74, 6) is 0. The van der Waals surface area contributed by atoms with Crippen LogP contribution in [0, 0.1) is 6.92 Å². The summed E-state index contributed by atoms with van der Waals surface area (Å²) in [6.07, 6.45) is 6.95. The van der Waals surface area contributed by atoms with Gasteiger partial charge in [0, 0.05) is 48.0 Å². The van der Waals surface area contributed by atoms with Crippen molar-refractivity contribution in [3.05, 3.63) is 59.9 Å². The van der Waals surface area contributed by atoms with E-state index in [4.69, 9.17) is 0 Å². The van der Waals surface area contributed by atoms with E-state index >= 15 is 0 Å². The Balaban J connectivity index is 1.61. The molecule has 2 N–H and O–H groups in total. The number of benzene rings is 1. The zero-order valence-electron chi connectivity index (χ0n) is 16.6. The molecule has 1 aromatic carbocycles. The zero-order valence-corrected chi connectivity index (χ0v) is 16.6. The normalized spacial score (nSPS) is 14.4. The molecule has 0 saturated heterocycles. The van der Waals surface area contributed by atoms with Gasteiger partial charge in [-0.15, -0.1) is 0 Å². The average molecular weight is 374 g/mol. The van der Waals surface area contributed by atoms with Gasteiger partial charge in [0.1, 0.15) is 5.65 Å². The van der Waals surface area contributed by atoms with Crippen LogP contribution in [0.1, 0.15) is 31.4 Å². The van der Waals surface area contributed by atoms with Crippen molar-refractivity contribution >= 4 is 22.6 Å². The SMILES string of the molecule is Cc1ccc(-c2cnc3[nH]cc(C4=CCN(C(=O)NC(C)C)CC4)c3c2)cc1. The second-order valence-electron chi connectivity index (χ2n) is 7.72. The van der Waals surface area contributed by atoms with Crippen molar-refractivity contribution in [2.45, 2.75) is 33.2 Å². The first kappa shape index (κ1) is 18.3. The summed E-state index contributed by atoms with van der Waals surface area (Å²) in [6.45, 7) is 7.41. The Morgan fingerprint density at radius 3 is 2.68 bits per heavy atom. The number of fused-ring (bicyclic) bond motifs is 1. The number of carbonyl (C=O) groups excluding carboxylic acids is 1. The molecule has 5 nitrogen and oxygen atoms in total. The molecule has 2 amide bonds. The van der Waals surface area contributed by atoms with Crippen LogP contribution < -0.4 is 5.32 Å². The molecule has 0 bridgehead atoms. The van der Waals surface area contributed by atoms with E-state index in [2.05, 4.69) is 58.6 Å². The predicted molar refractivity (Wildman–Crippen MR) is 114 cm³/mol. The van der Waals surface area contributed by atoms with E-state index in [9.17, 15) is 4.79 Å². The quantitative estimate of drug-likeness (QED) is 0.695. The monoisotopic (exact) mass is 374 g/mol. The highest BCUT2D eigenvalue weighted by molar-refractivity contribution is 5.93. The molecule has 144 valence electrons. The molecule has 0 aliphatic carbocycles. The third-order valence-corrected chi connectivity index (χ3v) is 5.17. The molecule has 0 radical (unpaired) electrons. The van der Waals surface area contributed by atoms with Crippen molar-refractivity contribution in [1.82, 2.24) is 20.2 Å². The van der Waals surface area contributed by atoms with Gasteiger partial charge in [0.05, 0.1) is 0 Å². The van der Waals surface area contributed by atoms with Gasteiger partial charge in [-0.3, -0.25) is 0 Å². The first-order valence-electron chi connectivity index (χ1n) is 9.80. The summed E-state index contributed by atoms with van der Waals surface area (Å²) in [5.41, 5.74) is 6.87. The minimum atomic E-state index is 0.00699. The lowest BCUT2D eigenvalue weighted by Crippen LogP contribution is -2.44. The second kappa shape index (κ2) is 7.50. The zero-order chi connectivity index (χ0) is 19.7. The first-order chi connectivity index (χ1) is 13.5. The molecule has 0 spiro atoms. The molecule has 0 atom stereocenters. The molecule has 28 heavy (non-hydrogen) atoms. The number of rotatable bonds is 3. The van der Waals surface area contributed by atoms with Gasteiger partial charge in [-0.05, 0) is 44.4 Å². The van der Waals surface area contributed by atoms with Crippen LogP contribution in [0.5, 0.6) is 0 Å². The highest BCUT2D eigenvalue weighted by Gasteiger charge is 2.20. The molecule has 0 unspecified atom stereocenters.